The lowest BCUT2D eigenvalue weighted by atomic mass is 10.0. The van der Waals surface area contributed by atoms with Crippen molar-refractivity contribution >= 4 is 27.5 Å². The van der Waals surface area contributed by atoms with Crippen molar-refractivity contribution in [3.63, 3.8) is 0 Å². The molecule has 6 heteroatoms. The first kappa shape index (κ1) is 14.6. The number of hydrogen-bond donors (Lipinski definition) is 1. The summed E-state index contributed by atoms with van der Waals surface area (Å²) in [6, 6.07) is 4.62. The van der Waals surface area contributed by atoms with E-state index in [0.717, 1.165) is 20.6 Å². The summed E-state index contributed by atoms with van der Waals surface area (Å²) >= 11 is 4.61. The van der Waals surface area contributed by atoms with Crippen LogP contribution in [0.5, 0.6) is 0 Å². The number of nitrogens with two attached hydrogens (primary N) is 1. The minimum absolute atomic E-state index is 0.203. The highest BCUT2D eigenvalue weighted by Gasteiger charge is 2.18. The Morgan fingerprint density at radius 1 is 1.37 bits per heavy atom. The van der Waals surface area contributed by atoms with Gasteiger partial charge in [-0.1, -0.05) is 34.3 Å². The molecule has 0 amide bonds. The maximum Gasteiger partial charge on any atom is 0.124 e. The molecule has 0 saturated heterocycles. The number of rotatable bonds is 4. The Hall–Kier alpha value is -0.850. The van der Waals surface area contributed by atoms with Gasteiger partial charge in [0.05, 0.1) is 10.6 Å². The minimum atomic E-state index is -0.261. The van der Waals surface area contributed by atoms with Crippen LogP contribution >= 0.6 is 27.5 Å². The summed E-state index contributed by atoms with van der Waals surface area (Å²) in [6.45, 7) is 4.12. The standard InChI is InChI=1S/C13H15BrFN3S/c1-7(2)12-13(19-18-17-12)11(16)5-8-3-9(14)6-10(15)4-8/h3-4,6-7,11H,5,16H2,1-2H3. The van der Waals surface area contributed by atoms with Gasteiger partial charge in [-0.25, -0.2) is 4.39 Å². The largest absolute Gasteiger partial charge is 0.323 e. The van der Waals surface area contributed by atoms with Crippen LogP contribution < -0.4 is 5.73 Å². The van der Waals surface area contributed by atoms with E-state index in [0.29, 0.717) is 12.3 Å². The molecule has 1 unspecified atom stereocenters. The Morgan fingerprint density at radius 2 is 2.11 bits per heavy atom. The van der Waals surface area contributed by atoms with E-state index in [2.05, 4.69) is 39.4 Å². The Bertz CT molecular complexity index is 551. The topological polar surface area (TPSA) is 51.8 Å². The molecule has 1 aromatic heterocycles. The van der Waals surface area contributed by atoms with E-state index < -0.39 is 0 Å². The maximum absolute atomic E-state index is 13.3. The van der Waals surface area contributed by atoms with Crippen molar-refractivity contribution in [3.8, 4) is 0 Å². The summed E-state index contributed by atoms with van der Waals surface area (Å²) in [7, 11) is 0. The Balaban J connectivity index is 2.20. The fraction of sp³-hybridized carbons (Fsp3) is 0.385. The predicted molar refractivity (Wildman–Crippen MR) is 78.7 cm³/mol. The van der Waals surface area contributed by atoms with Gasteiger partial charge in [0.25, 0.3) is 0 Å². The number of hydrogen-bond acceptors (Lipinski definition) is 4. The van der Waals surface area contributed by atoms with Crippen molar-refractivity contribution in [2.75, 3.05) is 0 Å². The second kappa shape index (κ2) is 6.07. The fourth-order valence-electron chi connectivity index (χ4n) is 1.94. The minimum Gasteiger partial charge on any atom is -0.323 e. The lowest BCUT2D eigenvalue weighted by Crippen LogP contribution is -2.14. The molecular weight excluding hydrogens is 329 g/mol. The molecule has 2 N–H and O–H groups in total. The smallest absolute Gasteiger partial charge is 0.124 e. The number of benzene rings is 1. The monoisotopic (exact) mass is 343 g/mol. The van der Waals surface area contributed by atoms with Crippen molar-refractivity contribution in [1.29, 1.82) is 0 Å². The second-order valence-electron chi connectivity index (χ2n) is 4.77. The molecule has 0 aliphatic rings. The van der Waals surface area contributed by atoms with Crippen LogP contribution in [0.2, 0.25) is 0 Å². The molecule has 1 atom stereocenters. The highest BCUT2D eigenvalue weighted by Crippen LogP contribution is 2.27. The SMILES string of the molecule is CC(C)c1nnsc1C(N)Cc1cc(F)cc(Br)c1. The third kappa shape index (κ3) is 3.58. The summed E-state index contributed by atoms with van der Waals surface area (Å²) in [4.78, 5) is 0.982. The van der Waals surface area contributed by atoms with E-state index in [4.69, 9.17) is 5.73 Å². The second-order valence-corrected chi connectivity index (χ2v) is 6.47. The van der Waals surface area contributed by atoms with E-state index in [-0.39, 0.29) is 11.9 Å². The molecule has 0 radical (unpaired) electrons. The van der Waals surface area contributed by atoms with Crippen molar-refractivity contribution in [1.82, 2.24) is 9.59 Å². The van der Waals surface area contributed by atoms with Gasteiger partial charge in [0.2, 0.25) is 0 Å². The molecule has 19 heavy (non-hydrogen) atoms. The quantitative estimate of drug-likeness (QED) is 0.918. The van der Waals surface area contributed by atoms with Crippen LogP contribution in [-0.4, -0.2) is 9.59 Å². The van der Waals surface area contributed by atoms with E-state index in [1.54, 1.807) is 0 Å². The van der Waals surface area contributed by atoms with Crippen molar-refractivity contribution in [2.45, 2.75) is 32.2 Å². The molecule has 0 saturated carbocycles. The van der Waals surface area contributed by atoms with Crippen molar-refractivity contribution in [3.05, 3.63) is 44.6 Å². The third-order valence-corrected chi connectivity index (χ3v) is 4.13. The van der Waals surface area contributed by atoms with E-state index in [1.807, 2.05) is 6.07 Å². The van der Waals surface area contributed by atoms with Gasteiger partial charge in [0.1, 0.15) is 5.82 Å². The molecule has 2 rings (SSSR count). The molecule has 0 bridgehead atoms. The van der Waals surface area contributed by atoms with Crippen molar-refractivity contribution in [2.24, 2.45) is 5.73 Å². The lowest BCUT2D eigenvalue weighted by molar-refractivity contribution is 0.620. The van der Waals surface area contributed by atoms with Crippen LogP contribution in [0.3, 0.4) is 0 Å². The molecule has 0 aliphatic carbocycles. The first-order valence-corrected chi connectivity index (χ1v) is 7.56. The highest BCUT2D eigenvalue weighted by atomic mass is 79.9. The Kier molecular flexibility index (Phi) is 4.65. The van der Waals surface area contributed by atoms with Gasteiger partial charge in [0, 0.05) is 10.5 Å². The zero-order chi connectivity index (χ0) is 14.0. The highest BCUT2D eigenvalue weighted by molar-refractivity contribution is 9.10. The van der Waals surface area contributed by atoms with E-state index in [1.165, 1.54) is 23.7 Å². The van der Waals surface area contributed by atoms with Gasteiger partial charge in [-0.15, -0.1) is 5.10 Å². The van der Waals surface area contributed by atoms with Crippen LogP contribution in [0.25, 0.3) is 0 Å². The zero-order valence-corrected chi connectivity index (χ0v) is 13.1. The Labute approximate surface area is 124 Å². The molecular formula is C13H15BrFN3S. The molecule has 3 nitrogen and oxygen atoms in total. The van der Waals surface area contributed by atoms with Gasteiger partial charge >= 0.3 is 0 Å². The molecule has 2 aromatic rings. The molecule has 0 fully saturated rings. The number of aromatic nitrogens is 2. The number of nitrogens with zero attached hydrogens (tertiary/aromatic N) is 2. The van der Waals surface area contributed by atoms with Crippen LogP contribution in [0, 0.1) is 5.82 Å². The average molecular weight is 344 g/mol. The fourth-order valence-corrected chi connectivity index (χ4v) is 3.26. The molecule has 0 aliphatic heterocycles. The zero-order valence-electron chi connectivity index (χ0n) is 10.7. The van der Waals surface area contributed by atoms with Gasteiger partial charge in [0.15, 0.2) is 0 Å². The van der Waals surface area contributed by atoms with Crippen LogP contribution in [-0.2, 0) is 6.42 Å². The molecule has 1 heterocycles. The van der Waals surface area contributed by atoms with Gasteiger partial charge in [-0.3, -0.25) is 0 Å². The number of halogens is 2. The molecule has 1 aromatic carbocycles. The van der Waals surface area contributed by atoms with Crippen LogP contribution in [0.15, 0.2) is 22.7 Å². The predicted octanol–water partition coefficient (Wildman–Crippen LogP) is 3.81. The Morgan fingerprint density at radius 3 is 2.74 bits per heavy atom. The average Bonchev–Trinajstić information content (AvgIpc) is 2.75. The first-order valence-electron chi connectivity index (χ1n) is 6.00. The summed E-state index contributed by atoms with van der Waals surface area (Å²) < 4.78 is 18.0. The maximum atomic E-state index is 13.3. The van der Waals surface area contributed by atoms with Crippen molar-refractivity contribution < 1.29 is 4.39 Å². The van der Waals surface area contributed by atoms with Crippen LogP contribution in [0.1, 0.15) is 41.9 Å². The van der Waals surface area contributed by atoms with Crippen LogP contribution in [0.4, 0.5) is 4.39 Å². The molecule has 102 valence electrons. The summed E-state index contributed by atoms with van der Waals surface area (Å²) in [5, 5.41) is 4.12. The summed E-state index contributed by atoms with van der Waals surface area (Å²) in [5.74, 6) is 0.0298. The van der Waals surface area contributed by atoms with E-state index in [9.17, 15) is 4.39 Å². The first-order chi connectivity index (χ1) is 8.97. The normalized spacial score (nSPS) is 12.9. The third-order valence-electron chi connectivity index (χ3n) is 2.80. The summed E-state index contributed by atoms with van der Waals surface area (Å²) in [5.41, 5.74) is 8.00. The molecule has 0 spiro atoms. The summed E-state index contributed by atoms with van der Waals surface area (Å²) in [6.07, 6.45) is 0.569. The lowest BCUT2D eigenvalue weighted by Gasteiger charge is -2.12. The van der Waals surface area contributed by atoms with Gasteiger partial charge in [-0.05, 0) is 47.6 Å². The van der Waals surface area contributed by atoms with Gasteiger partial charge in [-0.2, -0.15) is 0 Å². The van der Waals surface area contributed by atoms with Gasteiger partial charge < -0.3 is 5.73 Å². The van der Waals surface area contributed by atoms with E-state index >= 15 is 0 Å².